The van der Waals surface area contributed by atoms with Crippen molar-refractivity contribution in [2.45, 2.75) is 0 Å². The Labute approximate surface area is 114 Å². The molecule has 96 valence electrons. The van der Waals surface area contributed by atoms with Crippen LogP contribution in [0.4, 0.5) is 10.2 Å². The molecule has 1 amide bonds. The summed E-state index contributed by atoms with van der Waals surface area (Å²) < 4.78 is 12.8. The lowest BCUT2D eigenvalue weighted by molar-refractivity contribution is -0.111. The number of hydrogen-bond acceptors (Lipinski definition) is 2. The molecule has 0 aliphatic rings. The number of halogens is 2. The van der Waals surface area contributed by atoms with Gasteiger partial charge in [-0.3, -0.25) is 4.79 Å². The zero-order valence-electron chi connectivity index (χ0n) is 9.81. The van der Waals surface area contributed by atoms with Gasteiger partial charge in [-0.05, 0) is 35.9 Å². The summed E-state index contributed by atoms with van der Waals surface area (Å²) >= 11 is 5.75. The van der Waals surface area contributed by atoms with Gasteiger partial charge in [0.25, 0.3) is 0 Å². The molecule has 1 aromatic carbocycles. The minimum absolute atomic E-state index is 0.172. The lowest BCUT2D eigenvalue weighted by Crippen LogP contribution is -2.09. The number of pyridine rings is 1. The second-order valence-corrected chi connectivity index (χ2v) is 4.16. The fourth-order valence-corrected chi connectivity index (χ4v) is 1.52. The smallest absolute Gasteiger partial charge is 0.249 e. The highest BCUT2D eigenvalue weighted by Crippen LogP contribution is 2.10. The maximum Gasteiger partial charge on any atom is 0.249 e. The number of rotatable bonds is 3. The van der Waals surface area contributed by atoms with Gasteiger partial charge in [-0.25, -0.2) is 4.98 Å². The number of nitrogens with zero attached hydrogens (tertiary/aromatic N) is 1. The summed E-state index contributed by atoms with van der Waals surface area (Å²) in [6, 6.07) is 11.2. The summed E-state index contributed by atoms with van der Waals surface area (Å²) in [5, 5.41) is 3.09. The Morgan fingerprint density at radius 1 is 1.21 bits per heavy atom. The normalized spacial score (nSPS) is 10.6. The van der Waals surface area contributed by atoms with Crippen LogP contribution >= 0.6 is 11.6 Å². The molecule has 0 spiro atoms. The molecular weight excluding hydrogens is 267 g/mol. The largest absolute Gasteiger partial charge is 0.307 e. The number of carbonyl (C=O) groups is 1. The molecule has 0 atom stereocenters. The van der Waals surface area contributed by atoms with Crippen LogP contribution in [-0.2, 0) is 4.79 Å². The Morgan fingerprint density at radius 3 is 2.63 bits per heavy atom. The standard InChI is InChI=1S/C14H10ClFN2O/c15-11-7-4-10(5-8-11)6-9-14(19)18-13-3-1-2-12(16)17-13/h1-9H,(H,17,18,19)/b9-6+. The van der Waals surface area contributed by atoms with E-state index in [0.29, 0.717) is 5.02 Å². The quantitative estimate of drug-likeness (QED) is 0.688. The monoisotopic (exact) mass is 276 g/mol. The molecule has 0 radical (unpaired) electrons. The highest BCUT2D eigenvalue weighted by molar-refractivity contribution is 6.30. The van der Waals surface area contributed by atoms with Crippen LogP contribution in [0.25, 0.3) is 6.08 Å². The van der Waals surface area contributed by atoms with Crippen molar-refractivity contribution in [3.8, 4) is 0 Å². The molecule has 0 saturated carbocycles. The number of nitrogens with one attached hydrogen (secondary N) is 1. The summed E-state index contributed by atoms with van der Waals surface area (Å²) in [6.07, 6.45) is 2.97. The number of carbonyl (C=O) groups excluding carboxylic acids is 1. The molecule has 0 fully saturated rings. The van der Waals surface area contributed by atoms with Crippen LogP contribution < -0.4 is 5.32 Å². The van der Waals surface area contributed by atoms with E-state index in [1.807, 2.05) is 0 Å². The van der Waals surface area contributed by atoms with Crippen molar-refractivity contribution in [1.29, 1.82) is 0 Å². The number of benzene rings is 1. The van der Waals surface area contributed by atoms with Crippen LogP contribution in [0.15, 0.2) is 48.5 Å². The average Bonchev–Trinajstić information content (AvgIpc) is 2.38. The minimum atomic E-state index is -0.639. The van der Waals surface area contributed by atoms with Crippen molar-refractivity contribution in [1.82, 2.24) is 4.98 Å². The maximum absolute atomic E-state index is 12.8. The van der Waals surface area contributed by atoms with Crippen LogP contribution in [-0.4, -0.2) is 10.9 Å². The molecule has 19 heavy (non-hydrogen) atoms. The van der Waals surface area contributed by atoms with Crippen LogP contribution in [0.5, 0.6) is 0 Å². The van der Waals surface area contributed by atoms with Crippen molar-refractivity contribution < 1.29 is 9.18 Å². The Hall–Kier alpha value is -2.20. The van der Waals surface area contributed by atoms with Crippen LogP contribution in [0.2, 0.25) is 5.02 Å². The summed E-state index contributed by atoms with van der Waals surface area (Å²) in [7, 11) is 0. The van der Waals surface area contributed by atoms with Gasteiger partial charge in [0.05, 0.1) is 0 Å². The average molecular weight is 277 g/mol. The summed E-state index contributed by atoms with van der Waals surface area (Å²) in [4.78, 5) is 15.1. The van der Waals surface area contributed by atoms with E-state index in [1.165, 1.54) is 24.3 Å². The third-order valence-corrected chi connectivity index (χ3v) is 2.52. The third kappa shape index (κ3) is 4.19. The van der Waals surface area contributed by atoms with Crippen LogP contribution in [0.3, 0.4) is 0 Å². The first-order chi connectivity index (χ1) is 9.13. The van der Waals surface area contributed by atoms with Gasteiger partial charge in [-0.2, -0.15) is 4.39 Å². The van der Waals surface area contributed by atoms with Gasteiger partial charge >= 0.3 is 0 Å². The predicted octanol–water partition coefficient (Wildman–Crippen LogP) is 3.53. The molecule has 5 heteroatoms. The zero-order chi connectivity index (χ0) is 13.7. The SMILES string of the molecule is O=C(/C=C/c1ccc(Cl)cc1)Nc1cccc(F)n1. The number of amides is 1. The molecule has 0 aliphatic heterocycles. The molecular formula is C14H10ClFN2O. The van der Waals surface area contributed by atoms with Gasteiger partial charge < -0.3 is 5.32 Å². The van der Waals surface area contributed by atoms with Gasteiger partial charge in [0, 0.05) is 11.1 Å². The maximum atomic E-state index is 12.8. The molecule has 1 N–H and O–H groups in total. The Kier molecular flexibility index (Phi) is 4.26. The second kappa shape index (κ2) is 6.11. The first-order valence-electron chi connectivity index (χ1n) is 5.51. The Morgan fingerprint density at radius 2 is 1.95 bits per heavy atom. The van der Waals surface area contributed by atoms with E-state index in [9.17, 15) is 9.18 Å². The van der Waals surface area contributed by atoms with E-state index in [1.54, 1.807) is 30.3 Å². The van der Waals surface area contributed by atoms with Gasteiger partial charge in [0.15, 0.2) is 0 Å². The highest BCUT2D eigenvalue weighted by atomic mass is 35.5. The molecule has 2 aromatic rings. The second-order valence-electron chi connectivity index (χ2n) is 3.72. The Balaban J connectivity index is 1.99. The zero-order valence-corrected chi connectivity index (χ0v) is 10.6. The van der Waals surface area contributed by atoms with E-state index >= 15 is 0 Å². The molecule has 0 bridgehead atoms. The molecule has 1 aromatic heterocycles. The predicted molar refractivity (Wildman–Crippen MR) is 73.3 cm³/mol. The molecule has 0 saturated heterocycles. The first kappa shape index (κ1) is 13.2. The van der Waals surface area contributed by atoms with E-state index < -0.39 is 5.95 Å². The Bertz CT molecular complexity index is 611. The number of hydrogen-bond donors (Lipinski definition) is 1. The first-order valence-corrected chi connectivity index (χ1v) is 5.88. The van der Waals surface area contributed by atoms with E-state index in [2.05, 4.69) is 10.3 Å². The van der Waals surface area contributed by atoms with E-state index in [0.717, 1.165) is 5.56 Å². The lowest BCUT2D eigenvalue weighted by atomic mass is 10.2. The van der Waals surface area contributed by atoms with Gasteiger partial charge in [-0.1, -0.05) is 29.8 Å². The summed E-state index contributed by atoms with van der Waals surface area (Å²) in [5.41, 5.74) is 0.840. The van der Waals surface area contributed by atoms with Crippen LogP contribution in [0.1, 0.15) is 5.56 Å². The molecule has 1 heterocycles. The topological polar surface area (TPSA) is 42.0 Å². The summed E-state index contributed by atoms with van der Waals surface area (Å²) in [5.74, 6) is -0.849. The van der Waals surface area contributed by atoms with E-state index in [-0.39, 0.29) is 11.7 Å². The summed E-state index contributed by atoms with van der Waals surface area (Å²) in [6.45, 7) is 0. The van der Waals surface area contributed by atoms with Crippen molar-refractivity contribution in [2.24, 2.45) is 0 Å². The number of aromatic nitrogens is 1. The fourth-order valence-electron chi connectivity index (χ4n) is 1.39. The van der Waals surface area contributed by atoms with Crippen molar-refractivity contribution >= 4 is 29.4 Å². The van der Waals surface area contributed by atoms with Crippen molar-refractivity contribution in [3.63, 3.8) is 0 Å². The molecule has 3 nitrogen and oxygen atoms in total. The molecule has 0 aliphatic carbocycles. The fraction of sp³-hybridized carbons (Fsp3) is 0. The third-order valence-electron chi connectivity index (χ3n) is 2.26. The van der Waals surface area contributed by atoms with E-state index in [4.69, 9.17) is 11.6 Å². The number of anilines is 1. The lowest BCUT2D eigenvalue weighted by Gasteiger charge is -2.00. The van der Waals surface area contributed by atoms with Crippen molar-refractivity contribution in [2.75, 3.05) is 5.32 Å². The molecule has 0 unspecified atom stereocenters. The molecule has 2 rings (SSSR count). The van der Waals surface area contributed by atoms with Crippen molar-refractivity contribution in [3.05, 3.63) is 65.1 Å². The van der Waals surface area contributed by atoms with Crippen LogP contribution in [0, 0.1) is 5.95 Å². The van der Waals surface area contributed by atoms with Gasteiger partial charge in [-0.15, -0.1) is 0 Å². The van der Waals surface area contributed by atoms with Gasteiger partial charge in [0.1, 0.15) is 5.82 Å². The van der Waals surface area contributed by atoms with Gasteiger partial charge in [0.2, 0.25) is 11.9 Å². The minimum Gasteiger partial charge on any atom is -0.307 e. The highest BCUT2D eigenvalue weighted by Gasteiger charge is 2.00.